The van der Waals surface area contributed by atoms with Gasteiger partial charge in [0.15, 0.2) is 0 Å². The molecule has 0 radical (unpaired) electrons. The van der Waals surface area contributed by atoms with Crippen LogP contribution in [0.25, 0.3) is 11.1 Å². The summed E-state index contributed by atoms with van der Waals surface area (Å²) in [4.78, 5) is 21.7. The Morgan fingerprint density at radius 2 is 1.36 bits per heavy atom. The van der Waals surface area contributed by atoms with Gasteiger partial charge in [0, 0.05) is 5.56 Å². The fourth-order valence-corrected chi connectivity index (χ4v) is 2.67. The smallest absolute Gasteiger partial charge is 0.335 e. The van der Waals surface area contributed by atoms with Crippen LogP contribution in [0.5, 0.6) is 0 Å². The van der Waals surface area contributed by atoms with Crippen LogP contribution >= 0.6 is 0 Å². The summed E-state index contributed by atoms with van der Waals surface area (Å²) >= 11 is 0. The number of hydrogen-bond donors (Lipinski definition) is 3. The standard InChI is InChI=1S/C14H10O7S/c15-13(16)9-5-8(6-10(7-9)14(17)18)11-3-1-2-4-12(11)22(19,20)21/h1-7H,(H,15,16)(H,17,18)(H,19,20,21). The predicted octanol–water partition coefficient (Wildman–Crippen LogP) is 2.00. The van der Waals surface area contributed by atoms with Crippen LogP contribution in [-0.2, 0) is 10.1 Å². The van der Waals surface area contributed by atoms with Crippen molar-refractivity contribution in [3.05, 3.63) is 53.6 Å². The Morgan fingerprint density at radius 3 is 1.82 bits per heavy atom. The summed E-state index contributed by atoms with van der Waals surface area (Å²) in [6.07, 6.45) is 0. The molecule has 0 saturated heterocycles. The van der Waals surface area contributed by atoms with E-state index in [1.54, 1.807) is 0 Å². The van der Waals surface area contributed by atoms with E-state index >= 15 is 0 Å². The molecule has 0 amide bonds. The Hall–Kier alpha value is -2.71. The Morgan fingerprint density at radius 1 is 0.864 bits per heavy atom. The maximum atomic E-state index is 11.4. The third-order valence-electron chi connectivity index (χ3n) is 2.90. The summed E-state index contributed by atoms with van der Waals surface area (Å²) in [5.41, 5.74) is -0.541. The van der Waals surface area contributed by atoms with Crippen LogP contribution in [0.2, 0.25) is 0 Å². The lowest BCUT2D eigenvalue weighted by molar-refractivity contribution is 0.0696. The topological polar surface area (TPSA) is 129 Å². The number of hydrogen-bond acceptors (Lipinski definition) is 4. The number of benzene rings is 2. The van der Waals surface area contributed by atoms with Gasteiger partial charge in [-0.2, -0.15) is 8.42 Å². The zero-order valence-electron chi connectivity index (χ0n) is 10.9. The maximum Gasteiger partial charge on any atom is 0.335 e. The van der Waals surface area contributed by atoms with Gasteiger partial charge in [-0.3, -0.25) is 4.55 Å². The van der Waals surface area contributed by atoms with Gasteiger partial charge >= 0.3 is 11.9 Å². The molecule has 0 heterocycles. The van der Waals surface area contributed by atoms with Crippen molar-refractivity contribution in [1.29, 1.82) is 0 Å². The number of rotatable bonds is 4. The van der Waals surface area contributed by atoms with Crippen molar-refractivity contribution in [3.8, 4) is 11.1 Å². The third kappa shape index (κ3) is 3.13. The van der Waals surface area contributed by atoms with Gasteiger partial charge in [0.1, 0.15) is 4.90 Å². The summed E-state index contributed by atoms with van der Waals surface area (Å²) in [5.74, 6) is -2.71. The number of carboxylic acids is 2. The van der Waals surface area contributed by atoms with E-state index < -0.39 is 27.0 Å². The maximum absolute atomic E-state index is 11.4. The first-order chi connectivity index (χ1) is 10.2. The fourth-order valence-electron chi connectivity index (χ4n) is 1.96. The first-order valence-electron chi connectivity index (χ1n) is 5.88. The van der Waals surface area contributed by atoms with Crippen LogP contribution in [0.3, 0.4) is 0 Å². The van der Waals surface area contributed by atoms with Gasteiger partial charge < -0.3 is 10.2 Å². The molecule has 114 valence electrons. The molecule has 0 aliphatic heterocycles. The second-order valence-electron chi connectivity index (χ2n) is 4.38. The van der Waals surface area contributed by atoms with E-state index in [1.165, 1.54) is 18.2 Å². The van der Waals surface area contributed by atoms with Gasteiger partial charge in [-0.05, 0) is 29.8 Å². The van der Waals surface area contributed by atoms with Crippen LogP contribution in [0, 0.1) is 0 Å². The largest absolute Gasteiger partial charge is 0.478 e. The average Bonchev–Trinajstić information content (AvgIpc) is 2.45. The van der Waals surface area contributed by atoms with Crippen molar-refractivity contribution in [2.45, 2.75) is 4.90 Å². The minimum Gasteiger partial charge on any atom is -0.478 e. The Kier molecular flexibility index (Phi) is 3.98. The molecule has 3 N–H and O–H groups in total. The second-order valence-corrected chi connectivity index (χ2v) is 5.77. The summed E-state index contributed by atoms with van der Waals surface area (Å²) in [6, 6.07) is 8.58. The van der Waals surface area contributed by atoms with Crippen LogP contribution in [-0.4, -0.2) is 35.1 Å². The zero-order valence-corrected chi connectivity index (χ0v) is 11.7. The average molecular weight is 322 g/mol. The number of carbonyl (C=O) groups is 2. The lowest BCUT2D eigenvalue weighted by Gasteiger charge is -2.09. The molecule has 0 spiro atoms. The van der Waals surface area contributed by atoms with E-state index in [9.17, 15) is 22.6 Å². The van der Waals surface area contributed by atoms with E-state index in [0.29, 0.717) is 0 Å². The normalized spacial score (nSPS) is 11.1. The molecule has 2 rings (SSSR count). The fraction of sp³-hybridized carbons (Fsp3) is 0. The molecular weight excluding hydrogens is 312 g/mol. The van der Waals surface area contributed by atoms with E-state index in [0.717, 1.165) is 24.3 Å². The first kappa shape index (κ1) is 15.7. The molecule has 0 atom stereocenters. The van der Waals surface area contributed by atoms with Crippen molar-refractivity contribution in [2.75, 3.05) is 0 Å². The minimum absolute atomic E-state index is 0.00981. The highest BCUT2D eigenvalue weighted by atomic mass is 32.2. The lowest BCUT2D eigenvalue weighted by atomic mass is 9.99. The van der Waals surface area contributed by atoms with Crippen LogP contribution in [0.15, 0.2) is 47.4 Å². The van der Waals surface area contributed by atoms with Gasteiger partial charge in [-0.15, -0.1) is 0 Å². The molecule has 0 bridgehead atoms. The van der Waals surface area contributed by atoms with Crippen LogP contribution in [0.1, 0.15) is 20.7 Å². The van der Waals surface area contributed by atoms with E-state index in [2.05, 4.69) is 0 Å². The predicted molar refractivity (Wildman–Crippen MR) is 75.6 cm³/mol. The highest BCUT2D eigenvalue weighted by Gasteiger charge is 2.19. The van der Waals surface area contributed by atoms with Gasteiger partial charge in [0.05, 0.1) is 11.1 Å². The second kappa shape index (κ2) is 5.58. The quantitative estimate of drug-likeness (QED) is 0.734. The number of aromatic carboxylic acids is 2. The molecule has 0 aromatic heterocycles. The molecule has 0 aliphatic rings. The van der Waals surface area contributed by atoms with Crippen LogP contribution < -0.4 is 0 Å². The Bertz CT molecular complexity index is 836. The first-order valence-corrected chi connectivity index (χ1v) is 7.32. The molecule has 0 aliphatic carbocycles. The monoisotopic (exact) mass is 322 g/mol. The van der Waals surface area contributed by atoms with Crippen LogP contribution in [0.4, 0.5) is 0 Å². The summed E-state index contributed by atoms with van der Waals surface area (Å²) in [6.45, 7) is 0. The van der Waals surface area contributed by atoms with Crippen molar-refractivity contribution in [1.82, 2.24) is 0 Å². The summed E-state index contributed by atoms with van der Waals surface area (Å²) < 4.78 is 32.0. The van der Waals surface area contributed by atoms with Crippen molar-refractivity contribution in [3.63, 3.8) is 0 Å². The van der Waals surface area contributed by atoms with E-state index in [4.69, 9.17) is 10.2 Å². The third-order valence-corrected chi connectivity index (χ3v) is 3.81. The molecule has 22 heavy (non-hydrogen) atoms. The summed E-state index contributed by atoms with van der Waals surface area (Å²) in [7, 11) is -4.54. The molecule has 8 heteroatoms. The zero-order chi connectivity index (χ0) is 16.5. The van der Waals surface area contributed by atoms with Gasteiger partial charge in [-0.25, -0.2) is 9.59 Å². The molecule has 7 nitrogen and oxygen atoms in total. The van der Waals surface area contributed by atoms with E-state index in [-0.39, 0.29) is 22.3 Å². The highest BCUT2D eigenvalue weighted by Crippen LogP contribution is 2.29. The summed E-state index contributed by atoms with van der Waals surface area (Å²) in [5, 5.41) is 18.1. The minimum atomic E-state index is -4.54. The van der Waals surface area contributed by atoms with E-state index in [1.807, 2.05) is 0 Å². The lowest BCUT2D eigenvalue weighted by Crippen LogP contribution is -2.05. The molecule has 2 aromatic carbocycles. The molecule has 0 unspecified atom stereocenters. The molecule has 2 aromatic rings. The van der Waals surface area contributed by atoms with Crippen molar-refractivity contribution < 1.29 is 32.8 Å². The van der Waals surface area contributed by atoms with Gasteiger partial charge in [0.2, 0.25) is 0 Å². The van der Waals surface area contributed by atoms with Gasteiger partial charge in [0.25, 0.3) is 10.1 Å². The molecular formula is C14H10O7S. The molecule has 0 fully saturated rings. The van der Waals surface area contributed by atoms with Crippen molar-refractivity contribution in [2.24, 2.45) is 0 Å². The highest BCUT2D eigenvalue weighted by molar-refractivity contribution is 7.86. The number of carboxylic acid groups (broad SMARTS) is 2. The Balaban J connectivity index is 2.78. The SMILES string of the molecule is O=C(O)c1cc(C(=O)O)cc(-c2ccccc2S(=O)(=O)O)c1. The molecule has 0 saturated carbocycles. The van der Waals surface area contributed by atoms with Gasteiger partial charge in [-0.1, -0.05) is 18.2 Å². The Labute approximate surface area is 125 Å². The van der Waals surface area contributed by atoms with Crippen molar-refractivity contribution >= 4 is 22.1 Å².